The molecular formula is C12H14ClN3O4S. The first-order valence-corrected chi connectivity index (χ1v) is 7.90. The third kappa shape index (κ3) is 3.93. The van der Waals surface area contributed by atoms with Crippen LogP contribution in [0, 0.1) is 6.92 Å². The van der Waals surface area contributed by atoms with Crippen LogP contribution in [-0.4, -0.2) is 32.3 Å². The van der Waals surface area contributed by atoms with E-state index in [1.54, 1.807) is 6.92 Å². The molecule has 1 N–H and O–H groups in total. The molecular weight excluding hydrogens is 318 g/mol. The molecule has 21 heavy (non-hydrogen) atoms. The number of nitrogens with one attached hydrogen (secondary N) is 1. The second-order valence-corrected chi connectivity index (χ2v) is 6.33. The van der Waals surface area contributed by atoms with Gasteiger partial charge in [-0.2, -0.15) is 0 Å². The summed E-state index contributed by atoms with van der Waals surface area (Å²) in [5, 5.41) is 7.68. The van der Waals surface area contributed by atoms with Crippen LogP contribution in [0.3, 0.4) is 0 Å². The predicted octanol–water partition coefficient (Wildman–Crippen LogP) is 1.56. The number of aromatic nitrogens is 2. The van der Waals surface area contributed by atoms with Crippen LogP contribution in [0.25, 0.3) is 0 Å². The first-order valence-electron chi connectivity index (χ1n) is 6.04. The van der Waals surface area contributed by atoms with E-state index in [0.29, 0.717) is 24.0 Å². The average Bonchev–Trinajstić information content (AvgIpc) is 2.84. The highest BCUT2D eigenvalue weighted by Crippen LogP contribution is 2.26. The molecule has 1 aromatic heterocycles. The Morgan fingerprint density at radius 1 is 1.38 bits per heavy atom. The summed E-state index contributed by atoms with van der Waals surface area (Å²) in [7, 11) is -2.19. The van der Waals surface area contributed by atoms with Gasteiger partial charge in [-0.05, 0) is 18.2 Å². The van der Waals surface area contributed by atoms with Crippen LogP contribution in [-0.2, 0) is 16.4 Å². The minimum atomic E-state index is -3.65. The van der Waals surface area contributed by atoms with Gasteiger partial charge >= 0.3 is 0 Å². The van der Waals surface area contributed by atoms with Crippen LogP contribution in [0.1, 0.15) is 11.8 Å². The van der Waals surface area contributed by atoms with E-state index in [0.717, 1.165) is 0 Å². The highest BCUT2D eigenvalue weighted by Gasteiger charge is 2.16. The summed E-state index contributed by atoms with van der Waals surface area (Å²) < 4.78 is 36.8. The molecule has 1 heterocycles. The summed E-state index contributed by atoms with van der Waals surface area (Å²) in [5.41, 5.74) is 0. The summed E-state index contributed by atoms with van der Waals surface area (Å²) in [6, 6.07) is 4.25. The van der Waals surface area contributed by atoms with Crippen molar-refractivity contribution < 1.29 is 17.6 Å². The smallest absolute Gasteiger partial charge is 0.240 e. The number of hydrogen-bond donors (Lipinski definition) is 1. The fourth-order valence-corrected chi connectivity index (χ4v) is 3.01. The van der Waals surface area contributed by atoms with E-state index in [1.165, 1.54) is 25.3 Å². The Kier molecular flexibility index (Phi) is 4.81. The highest BCUT2D eigenvalue weighted by molar-refractivity contribution is 7.89. The average molecular weight is 332 g/mol. The Balaban J connectivity index is 2.02. The molecule has 0 radical (unpaired) electrons. The van der Waals surface area contributed by atoms with Crippen LogP contribution in [0.2, 0.25) is 5.02 Å². The lowest BCUT2D eigenvalue weighted by Gasteiger charge is -2.08. The number of rotatable bonds is 6. The predicted molar refractivity (Wildman–Crippen MR) is 75.9 cm³/mol. The molecule has 0 aliphatic heterocycles. The van der Waals surface area contributed by atoms with Crippen molar-refractivity contribution in [2.75, 3.05) is 13.7 Å². The van der Waals surface area contributed by atoms with Gasteiger partial charge in [-0.25, -0.2) is 13.1 Å². The number of benzene rings is 1. The van der Waals surface area contributed by atoms with Gasteiger partial charge in [0.05, 0.1) is 17.0 Å². The maximum Gasteiger partial charge on any atom is 0.240 e. The summed E-state index contributed by atoms with van der Waals surface area (Å²) >= 11 is 5.92. The molecule has 2 aromatic rings. The number of hydrogen-bond acceptors (Lipinski definition) is 6. The Morgan fingerprint density at radius 2 is 2.14 bits per heavy atom. The standard InChI is InChI=1S/C12H14ClN3O4S/c1-8-15-16-12(20-8)5-6-14-21(17,18)9-3-4-11(19-2)10(13)7-9/h3-4,7,14H,5-6H2,1-2H3. The lowest BCUT2D eigenvalue weighted by atomic mass is 10.3. The van der Waals surface area contributed by atoms with Gasteiger partial charge in [0.1, 0.15) is 5.75 Å². The molecule has 7 nitrogen and oxygen atoms in total. The van der Waals surface area contributed by atoms with E-state index in [-0.39, 0.29) is 16.5 Å². The fraction of sp³-hybridized carbons (Fsp3) is 0.333. The van der Waals surface area contributed by atoms with Crippen molar-refractivity contribution in [2.24, 2.45) is 0 Å². The minimum absolute atomic E-state index is 0.0648. The third-order valence-corrected chi connectivity index (χ3v) is 4.39. The number of methoxy groups -OCH3 is 1. The van der Waals surface area contributed by atoms with Crippen molar-refractivity contribution in [3.63, 3.8) is 0 Å². The largest absolute Gasteiger partial charge is 0.495 e. The molecule has 0 unspecified atom stereocenters. The molecule has 0 saturated heterocycles. The van der Waals surface area contributed by atoms with Gasteiger partial charge in [0, 0.05) is 19.9 Å². The summed E-state index contributed by atoms with van der Waals surface area (Å²) in [6.45, 7) is 1.81. The van der Waals surface area contributed by atoms with E-state index < -0.39 is 10.0 Å². The molecule has 0 fully saturated rings. The summed E-state index contributed by atoms with van der Waals surface area (Å²) in [6.07, 6.45) is 0.309. The second kappa shape index (κ2) is 6.42. The molecule has 2 rings (SSSR count). The Bertz CT molecular complexity index is 730. The quantitative estimate of drug-likeness (QED) is 0.863. The maximum atomic E-state index is 12.1. The number of aryl methyl sites for hydroxylation is 1. The van der Waals surface area contributed by atoms with Crippen molar-refractivity contribution in [1.29, 1.82) is 0 Å². The van der Waals surface area contributed by atoms with Crippen molar-refractivity contribution in [1.82, 2.24) is 14.9 Å². The van der Waals surface area contributed by atoms with E-state index in [9.17, 15) is 8.42 Å². The van der Waals surface area contributed by atoms with E-state index >= 15 is 0 Å². The number of ether oxygens (including phenoxy) is 1. The van der Waals surface area contributed by atoms with Crippen LogP contribution < -0.4 is 9.46 Å². The van der Waals surface area contributed by atoms with Crippen molar-refractivity contribution >= 4 is 21.6 Å². The number of nitrogens with zero attached hydrogens (tertiary/aromatic N) is 2. The van der Waals surface area contributed by atoms with Gasteiger partial charge < -0.3 is 9.15 Å². The summed E-state index contributed by atoms with van der Waals surface area (Å²) in [5.74, 6) is 1.23. The van der Waals surface area contributed by atoms with Crippen LogP contribution in [0.15, 0.2) is 27.5 Å². The van der Waals surface area contributed by atoms with Gasteiger partial charge in [0.15, 0.2) is 0 Å². The molecule has 9 heteroatoms. The zero-order valence-electron chi connectivity index (χ0n) is 11.5. The lowest BCUT2D eigenvalue weighted by molar-refractivity contribution is 0.414. The minimum Gasteiger partial charge on any atom is -0.495 e. The van der Waals surface area contributed by atoms with E-state index in [2.05, 4.69) is 14.9 Å². The van der Waals surface area contributed by atoms with Gasteiger partial charge in [-0.3, -0.25) is 0 Å². The Labute approximate surface area is 127 Å². The maximum absolute atomic E-state index is 12.1. The molecule has 0 bridgehead atoms. The number of sulfonamides is 1. The van der Waals surface area contributed by atoms with E-state index in [1.807, 2.05) is 0 Å². The van der Waals surface area contributed by atoms with Crippen molar-refractivity contribution in [3.05, 3.63) is 35.0 Å². The number of halogens is 1. The first kappa shape index (κ1) is 15.7. The van der Waals surface area contributed by atoms with Crippen LogP contribution in [0.4, 0.5) is 0 Å². The first-order chi connectivity index (χ1) is 9.92. The second-order valence-electron chi connectivity index (χ2n) is 4.16. The van der Waals surface area contributed by atoms with Gasteiger partial charge in [0.2, 0.25) is 21.8 Å². The van der Waals surface area contributed by atoms with Crippen LogP contribution >= 0.6 is 11.6 Å². The molecule has 0 spiro atoms. The van der Waals surface area contributed by atoms with Gasteiger partial charge in [-0.15, -0.1) is 10.2 Å². The monoisotopic (exact) mass is 331 g/mol. The molecule has 0 aliphatic carbocycles. The van der Waals surface area contributed by atoms with Gasteiger partial charge in [0.25, 0.3) is 0 Å². The summed E-state index contributed by atoms with van der Waals surface area (Å²) in [4.78, 5) is 0.0648. The third-order valence-electron chi connectivity index (χ3n) is 2.63. The fourth-order valence-electron chi connectivity index (χ4n) is 1.63. The molecule has 114 valence electrons. The van der Waals surface area contributed by atoms with Crippen LogP contribution in [0.5, 0.6) is 5.75 Å². The Morgan fingerprint density at radius 3 is 2.71 bits per heavy atom. The topological polar surface area (TPSA) is 94.3 Å². The van der Waals surface area contributed by atoms with Crippen molar-refractivity contribution in [2.45, 2.75) is 18.2 Å². The molecule has 1 aromatic carbocycles. The zero-order valence-corrected chi connectivity index (χ0v) is 13.0. The lowest BCUT2D eigenvalue weighted by Crippen LogP contribution is -2.26. The molecule has 0 saturated carbocycles. The molecule has 0 aliphatic rings. The highest BCUT2D eigenvalue weighted by atomic mass is 35.5. The molecule has 0 amide bonds. The van der Waals surface area contributed by atoms with Gasteiger partial charge in [-0.1, -0.05) is 11.6 Å². The normalized spacial score (nSPS) is 11.6. The zero-order chi connectivity index (χ0) is 15.5. The Hall–Kier alpha value is -1.64. The molecule has 0 atom stereocenters. The van der Waals surface area contributed by atoms with Crippen molar-refractivity contribution in [3.8, 4) is 5.75 Å². The van der Waals surface area contributed by atoms with E-state index in [4.69, 9.17) is 20.8 Å². The SMILES string of the molecule is COc1ccc(S(=O)(=O)NCCc2nnc(C)o2)cc1Cl.